The van der Waals surface area contributed by atoms with Crippen molar-refractivity contribution < 1.29 is 62.3 Å². The van der Waals surface area contributed by atoms with Crippen molar-refractivity contribution in [2.24, 2.45) is 35.5 Å². The lowest BCUT2D eigenvalue weighted by Gasteiger charge is -2.39. The number of aromatic nitrogens is 1. The van der Waals surface area contributed by atoms with E-state index >= 15 is 33.6 Å². The Labute approximate surface area is 614 Å². The highest BCUT2D eigenvalue weighted by Gasteiger charge is 2.44. The summed E-state index contributed by atoms with van der Waals surface area (Å²) in [6.07, 6.45) is 4.79. The Morgan fingerprint density at radius 2 is 0.951 bits per heavy atom. The van der Waals surface area contributed by atoms with Crippen LogP contribution in [-0.2, 0) is 68.7 Å². The molecule has 4 rings (SSSR count). The molecule has 0 bridgehead atoms. The number of ether oxygens (including phenoxy) is 1. The molecule has 0 saturated carbocycles. The number of hydrogen-bond acceptors (Lipinski definition) is 13. The maximum absolute atomic E-state index is 15.4. The third kappa shape index (κ3) is 25.3. The number of nitrogens with one attached hydrogen (secondary N) is 5. The van der Waals surface area contributed by atoms with Crippen LogP contribution in [0.15, 0.2) is 30.5 Å². The summed E-state index contributed by atoms with van der Waals surface area (Å²) in [6, 6.07) is -4.99. The summed E-state index contributed by atoms with van der Waals surface area (Å²) in [5, 5.41) is 12.6. The van der Waals surface area contributed by atoms with Gasteiger partial charge in [0.15, 0.2) is 0 Å². The second-order valence-corrected chi connectivity index (χ2v) is 32.2. The van der Waals surface area contributed by atoms with Gasteiger partial charge in [0, 0.05) is 98.9 Å². The van der Waals surface area contributed by atoms with Crippen molar-refractivity contribution in [3.63, 3.8) is 0 Å². The van der Waals surface area contributed by atoms with Crippen molar-refractivity contribution in [2.75, 3.05) is 75.6 Å². The molecule has 0 aliphatic carbocycles. The molecule has 12 amide bonds. The summed E-state index contributed by atoms with van der Waals surface area (Å²) < 4.78 is 6.26. The number of likely N-dealkylation sites (tertiary alicyclic amines) is 1. The quantitative estimate of drug-likeness (QED) is 0.115. The molecule has 26 nitrogen and oxygen atoms in total. The van der Waals surface area contributed by atoms with Crippen molar-refractivity contribution in [3.05, 3.63) is 36.0 Å². The summed E-state index contributed by atoms with van der Waals surface area (Å²) in [4.78, 5) is 194. The number of aromatic amines is 1. The van der Waals surface area contributed by atoms with Crippen molar-refractivity contribution >= 4 is 81.8 Å². The van der Waals surface area contributed by atoms with E-state index in [2.05, 4.69) is 26.3 Å². The third-order valence-electron chi connectivity index (χ3n) is 20.1. The van der Waals surface area contributed by atoms with Crippen molar-refractivity contribution in [2.45, 2.75) is 260 Å². The minimum Gasteiger partial charge on any atom is -0.373 e. The van der Waals surface area contributed by atoms with Crippen LogP contribution in [-0.4, -0.2) is 257 Å². The summed E-state index contributed by atoms with van der Waals surface area (Å²) in [6.45, 7) is 30.0. The second-order valence-electron chi connectivity index (χ2n) is 32.2. The van der Waals surface area contributed by atoms with Crippen molar-refractivity contribution in [1.29, 1.82) is 0 Å². The average molecular weight is 1440 g/mol. The van der Waals surface area contributed by atoms with Gasteiger partial charge in [0.05, 0.1) is 18.6 Å². The summed E-state index contributed by atoms with van der Waals surface area (Å²) >= 11 is 0. The molecule has 2 aliphatic rings. The summed E-state index contributed by atoms with van der Waals surface area (Å²) in [5.41, 5.74) is 0.587. The van der Waals surface area contributed by atoms with Crippen molar-refractivity contribution in [1.82, 2.24) is 65.5 Å². The van der Waals surface area contributed by atoms with E-state index in [1.165, 1.54) is 83.5 Å². The van der Waals surface area contributed by atoms with Crippen LogP contribution >= 0.6 is 0 Å². The molecule has 1 aromatic carbocycles. The zero-order valence-corrected chi connectivity index (χ0v) is 66.5. The zero-order chi connectivity index (χ0) is 77.8. The molecule has 2 aliphatic heterocycles. The molecule has 5 N–H and O–H groups in total. The Kier molecular flexibility index (Phi) is 34.1. The lowest BCUT2D eigenvalue weighted by Crippen LogP contribution is -2.62. The number of hydrogen-bond donors (Lipinski definition) is 5. The number of carbonyl (C=O) groups is 12. The summed E-state index contributed by atoms with van der Waals surface area (Å²) in [7, 11) is 10.4. The van der Waals surface area contributed by atoms with Gasteiger partial charge in [0.2, 0.25) is 70.9 Å². The molecule has 2 fully saturated rings. The van der Waals surface area contributed by atoms with Crippen LogP contribution in [0.25, 0.3) is 10.9 Å². The minimum atomic E-state index is -1.44. The SMILES string of the molecule is CC[C@H](C)[C@@H]1NC(=O)[C@H](CC(C)C)N(C)C(=O)CCCN(C)C(=O)C[C@@H](C(=O)N2CCCCC2)NC(=O)[C@H](CC(C)C)N(C)C(=O)[C@H](C)N(C)C(=O)[C@H](Cc2c[nH]c3ccccc23)NC(=O)[C@H](CC(C)C)N(C)C(=O)[C@H](COC(C)(C)C)NC(=O)[C@H](CC(C)C)N(C)C(=O)[C@H](CC(C)C)N(C)C1=O. The van der Waals surface area contributed by atoms with Gasteiger partial charge in [-0.05, 0) is 133 Å². The number of nitrogens with zero attached hydrogens (tertiary/aromatic N) is 8. The largest absolute Gasteiger partial charge is 0.373 e. The van der Waals surface area contributed by atoms with Crippen LogP contribution in [0.5, 0.6) is 0 Å². The van der Waals surface area contributed by atoms with E-state index in [1.807, 2.05) is 107 Å². The second kappa shape index (κ2) is 40.0. The standard InChI is InChI=1S/C77H129N13O13/c1-24-51(12)66-76(102)89(23)63(41-50(10)11)75(101)88(22)62(40-49(8)9)69(95)81-58(45-103-77(14,15)16)73(99)87(21)61(39-48(6)7)68(94)79-56(42-53-44-78-55-32-27-26-31-54(53)55)72(98)84(18)52(13)71(97)86(20)60(38-47(4)5)67(93)80-57(74(100)90-35-28-25-29-36-90)43-65(92)83(17)34-30-33-64(91)85(19)59(37-46(2)3)70(96)82-66/h26-27,31-32,44,46-52,56-63,66,78H,24-25,28-30,33-43,45H2,1-23H3,(H,79,94)(H,80,93)(H,81,95)(H,82,96)/t51-,52-,56-,57-,58-,59-,60-,61-,62-,63-,66-/m0/s1. The van der Waals surface area contributed by atoms with E-state index in [0.717, 1.165) is 30.2 Å². The smallest absolute Gasteiger partial charge is 0.247 e. The predicted molar refractivity (Wildman–Crippen MR) is 399 cm³/mol. The number of H-pyrrole nitrogens is 1. The van der Waals surface area contributed by atoms with Crippen molar-refractivity contribution in [3.8, 4) is 0 Å². The highest BCUT2D eigenvalue weighted by molar-refractivity contribution is 6.00. The number of rotatable bonds is 17. The molecule has 0 unspecified atom stereocenters. The molecule has 103 heavy (non-hydrogen) atoms. The fraction of sp³-hybridized carbons (Fsp3) is 0.740. The zero-order valence-electron chi connectivity index (χ0n) is 66.5. The van der Waals surface area contributed by atoms with Gasteiger partial charge in [0.25, 0.3) is 0 Å². The predicted octanol–water partition coefficient (Wildman–Crippen LogP) is 6.38. The van der Waals surface area contributed by atoms with E-state index in [1.54, 1.807) is 38.9 Å². The third-order valence-corrected chi connectivity index (χ3v) is 20.1. The number of amides is 12. The fourth-order valence-corrected chi connectivity index (χ4v) is 13.4. The number of para-hydroxylation sites is 1. The monoisotopic (exact) mass is 1440 g/mol. The van der Waals surface area contributed by atoms with Gasteiger partial charge in [-0.3, -0.25) is 57.5 Å². The highest BCUT2D eigenvalue weighted by Crippen LogP contribution is 2.26. The van der Waals surface area contributed by atoms with E-state index in [9.17, 15) is 24.0 Å². The maximum Gasteiger partial charge on any atom is 0.247 e. The molecule has 3 heterocycles. The maximum atomic E-state index is 15.4. The first kappa shape index (κ1) is 87.8. The Morgan fingerprint density at radius 1 is 0.505 bits per heavy atom. The molecule has 0 radical (unpaired) electrons. The molecule has 11 atom stereocenters. The summed E-state index contributed by atoms with van der Waals surface area (Å²) in [5.74, 6) is -8.51. The van der Waals surface area contributed by atoms with Gasteiger partial charge in [0.1, 0.15) is 60.4 Å². The van der Waals surface area contributed by atoms with Gasteiger partial charge < -0.3 is 70.2 Å². The molecule has 26 heteroatoms. The highest BCUT2D eigenvalue weighted by atomic mass is 16.5. The first-order chi connectivity index (χ1) is 48.0. The molecule has 2 saturated heterocycles. The normalized spacial score (nSPS) is 25.3. The van der Waals surface area contributed by atoms with Gasteiger partial charge in [-0.15, -0.1) is 0 Å². The lowest BCUT2D eigenvalue weighted by molar-refractivity contribution is -0.152. The van der Waals surface area contributed by atoms with Gasteiger partial charge >= 0.3 is 0 Å². The van der Waals surface area contributed by atoms with Gasteiger partial charge in [-0.25, -0.2) is 0 Å². The molecular weight excluding hydrogens is 1310 g/mol. The molecule has 0 spiro atoms. The van der Waals surface area contributed by atoms with Gasteiger partial charge in [-0.2, -0.15) is 0 Å². The molecule has 2 aromatic rings. The number of benzene rings is 1. The fourth-order valence-electron chi connectivity index (χ4n) is 13.4. The van der Waals surface area contributed by atoms with Crippen LogP contribution in [0.3, 0.4) is 0 Å². The number of fused-ring (bicyclic) bond motifs is 1. The van der Waals surface area contributed by atoms with Crippen LogP contribution in [0.4, 0.5) is 0 Å². The topological polar surface area (TPSA) is 304 Å². The van der Waals surface area contributed by atoms with E-state index in [4.69, 9.17) is 4.74 Å². The van der Waals surface area contributed by atoms with Crippen LogP contribution in [0.2, 0.25) is 0 Å². The average Bonchev–Trinajstić information content (AvgIpc) is 1.04. The number of piperidine rings is 1. The Hall–Kier alpha value is -7.64. The van der Waals surface area contributed by atoms with E-state index < -0.39 is 149 Å². The van der Waals surface area contributed by atoms with Crippen LogP contribution < -0.4 is 21.3 Å². The first-order valence-corrected chi connectivity index (χ1v) is 37.6. The Morgan fingerprint density at radius 3 is 1.47 bits per heavy atom. The molecule has 1 aromatic heterocycles. The minimum absolute atomic E-state index is 0.0646. The number of likely N-dealkylation sites (N-methyl/N-ethyl adjacent to an activating group) is 6. The first-order valence-electron chi connectivity index (χ1n) is 37.6. The molecular formula is C77H129N13O13. The van der Waals surface area contributed by atoms with Gasteiger partial charge in [-0.1, -0.05) is 108 Å². The lowest BCUT2D eigenvalue weighted by atomic mass is 9.94. The van der Waals surface area contributed by atoms with Crippen LogP contribution in [0.1, 0.15) is 193 Å². The van der Waals surface area contributed by atoms with E-state index in [-0.39, 0.29) is 94.1 Å². The Bertz CT molecular complexity index is 3210. The van der Waals surface area contributed by atoms with Crippen LogP contribution in [0, 0.1) is 35.5 Å². The Balaban J connectivity index is 1.96. The number of carbonyl (C=O) groups excluding carboxylic acids is 12. The van der Waals surface area contributed by atoms with E-state index in [0.29, 0.717) is 25.1 Å². The molecule has 580 valence electrons.